The number of aliphatic imine (C=N–C) groups is 1. The van der Waals surface area contributed by atoms with Crippen LogP contribution in [0.3, 0.4) is 0 Å². The van der Waals surface area contributed by atoms with Crippen LogP contribution in [-0.4, -0.2) is 97.7 Å². The number of guanidine groups is 1. The molecule has 0 saturated carbocycles. The van der Waals surface area contributed by atoms with Crippen LogP contribution in [0.4, 0.5) is 5.95 Å². The number of carbonyl (C=O) groups is 1. The lowest BCUT2D eigenvalue weighted by Crippen LogP contribution is -2.54. The van der Waals surface area contributed by atoms with Gasteiger partial charge in [-0.15, -0.1) is 24.0 Å². The highest BCUT2D eigenvalue weighted by molar-refractivity contribution is 14.0. The molecule has 0 bridgehead atoms. The summed E-state index contributed by atoms with van der Waals surface area (Å²) in [6.07, 6.45) is 5.91. The lowest BCUT2D eigenvalue weighted by atomic mass is 10.2. The predicted molar refractivity (Wildman–Crippen MR) is 119 cm³/mol. The Labute approximate surface area is 183 Å². The van der Waals surface area contributed by atoms with Gasteiger partial charge in [0.2, 0.25) is 11.9 Å². The van der Waals surface area contributed by atoms with Crippen molar-refractivity contribution in [3.05, 3.63) is 18.5 Å². The molecule has 1 aromatic heterocycles. The number of hydrogen-bond donors (Lipinski definition) is 1. The summed E-state index contributed by atoms with van der Waals surface area (Å²) < 4.78 is 5.69. The first-order chi connectivity index (χ1) is 13.1. The highest BCUT2D eigenvalue weighted by Crippen LogP contribution is 2.12. The van der Waals surface area contributed by atoms with E-state index in [9.17, 15) is 4.79 Å². The van der Waals surface area contributed by atoms with Crippen LogP contribution >= 0.6 is 24.0 Å². The summed E-state index contributed by atoms with van der Waals surface area (Å²) >= 11 is 0. The number of nitrogens with one attached hydrogen (secondary N) is 1. The minimum atomic E-state index is -0.0114. The topological polar surface area (TPSA) is 86.2 Å². The SMILES string of the molecule is CN(C)C(=O)CN=C(NCC1CCCO1)N1CCN(c2ncccn2)CC1.I. The number of amides is 1. The predicted octanol–water partition coefficient (Wildman–Crippen LogP) is 0.429. The number of rotatable bonds is 5. The van der Waals surface area contributed by atoms with Crippen LogP contribution < -0.4 is 10.2 Å². The van der Waals surface area contributed by atoms with Gasteiger partial charge in [-0.25, -0.2) is 15.0 Å². The molecular formula is C18H30IN7O2. The monoisotopic (exact) mass is 503 g/mol. The smallest absolute Gasteiger partial charge is 0.243 e. The van der Waals surface area contributed by atoms with Crippen molar-refractivity contribution in [1.82, 2.24) is 25.1 Å². The normalized spacial score (nSPS) is 19.9. The standard InChI is InChI=1S/C18H29N7O2.HI/c1-23(2)16(26)14-22-18(21-13-15-5-3-12-27-15)25-10-8-24(9-11-25)17-19-6-4-7-20-17;/h4,6-7,15H,3,5,8-14H2,1-2H3,(H,21,22);1H. The van der Waals surface area contributed by atoms with Crippen LogP contribution in [0.1, 0.15) is 12.8 Å². The Hall–Kier alpha value is -1.69. The summed E-state index contributed by atoms with van der Waals surface area (Å²) in [6, 6.07) is 1.82. The summed E-state index contributed by atoms with van der Waals surface area (Å²) in [5, 5.41) is 3.41. The molecule has 2 saturated heterocycles. The molecule has 3 rings (SSSR count). The lowest BCUT2D eigenvalue weighted by molar-refractivity contribution is -0.127. The van der Waals surface area contributed by atoms with Crippen LogP contribution in [-0.2, 0) is 9.53 Å². The Bertz CT molecular complexity index is 630. The Morgan fingerprint density at radius 2 is 2.00 bits per heavy atom. The van der Waals surface area contributed by atoms with E-state index in [-0.39, 0.29) is 42.5 Å². The molecule has 1 aromatic rings. The van der Waals surface area contributed by atoms with E-state index in [4.69, 9.17) is 4.74 Å². The Morgan fingerprint density at radius 1 is 1.29 bits per heavy atom. The van der Waals surface area contributed by atoms with Crippen LogP contribution in [0, 0.1) is 0 Å². The van der Waals surface area contributed by atoms with E-state index in [0.717, 1.165) is 64.1 Å². The molecule has 0 aliphatic carbocycles. The number of likely N-dealkylation sites (N-methyl/N-ethyl adjacent to an activating group) is 1. The third kappa shape index (κ3) is 6.43. The van der Waals surface area contributed by atoms with Gasteiger partial charge in [-0.2, -0.15) is 0 Å². The largest absolute Gasteiger partial charge is 0.376 e. The van der Waals surface area contributed by atoms with Gasteiger partial charge >= 0.3 is 0 Å². The van der Waals surface area contributed by atoms with E-state index >= 15 is 0 Å². The van der Waals surface area contributed by atoms with E-state index in [0.29, 0.717) is 0 Å². The Kier molecular flexibility index (Phi) is 9.16. The zero-order valence-corrected chi connectivity index (χ0v) is 18.9. The number of piperazine rings is 1. The molecular weight excluding hydrogens is 473 g/mol. The Morgan fingerprint density at radius 3 is 2.61 bits per heavy atom. The van der Waals surface area contributed by atoms with E-state index in [1.54, 1.807) is 31.4 Å². The van der Waals surface area contributed by atoms with Gasteiger partial charge in [-0.1, -0.05) is 0 Å². The molecule has 0 spiro atoms. The van der Waals surface area contributed by atoms with Gasteiger partial charge in [0.05, 0.1) is 6.10 Å². The summed E-state index contributed by atoms with van der Waals surface area (Å²) in [7, 11) is 3.49. The van der Waals surface area contributed by atoms with E-state index in [2.05, 4.69) is 30.1 Å². The maximum atomic E-state index is 12.0. The number of carbonyl (C=O) groups excluding carboxylic acids is 1. The quantitative estimate of drug-likeness (QED) is 0.355. The maximum Gasteiger partial charge on any atom is 0.243 e. The van der Waals surface area contributed by atoms with Gasteiger partial charge in [-0.3, -0.25) is 4.79 Å². The minimum absolute atomic E-state index is 0. The first-order valence-electron chi connectivity index (χ1n) is 9.50. The molecule has 9 nitrogen and oxygen atoms in total. The molecule has 28 heavy (non-hydrogen) atoms. The second kappa shape index (κ2) is 11.3. The van der Waals surface area contributed by atoms with Crippen molar-refractivity contribution in [3.63, 3.8) is 0 Å². The van der Waals surface area contributed by atoms with Crippen LogP contribution in [0.15, 0.2) is 23.5 Å². The Balaban J connectivity index is 0.00000280. The first kappa shape index (κ1) is 22.6. The number of halogens is 1. The summed E-state index contributed by atoms with van der Waals surface area (Å²) in [6.45, 7) is 4.91. The second-order valence-electron chi connectivity index (χ2n) is 6.97. The molecule has 1 amide bonds. The van der Waals surface area contributed by atoms with Gasteiger partial charge in [0.25, 0.3) is 0 Å². The fraction of sp³-hybridized carbons (Fsp3) is 0.667. The van der Waals surface area contributed by atoms with Crippen molar-refractivity contribution in [2.75, 3.05) is 64.9 Å². The van der Waals surface area contributed by atoms with Crippen molar-refractivity contribution < 1.29 is 9.53 Å². The number of aromatic nitrogens is 2. The van der Waals surface area contributed by atoms with E-state index in [1.807, 2.05) is 6.07 Å². The first-order valence-corrected chi connectivity index (χ1v) is 9.50. The van der Waals surface area contributed by atoms with Crippen molar-refractivity contribution in [2.24, 2.45) is 4.99 Å². The van der Waals surface area contributed by atoms with Gasteiger partial charge < -0.3 is 24.8 Å². The van der Waals surface area contributed by atoms with Gasteiger partial charge in [-0.05, 0) is 18.9 Å². The number of ether oxygens (including phenoxy) is 1. The minimum Gasteiger partial charge on any atom is -0.376 e. The van der Waals surface area contributed by atoms with Gasteiger partial charge in [0, 0.05) is 65.8 Å². The molecule has 10 heteroatoms. The molecule has 0 aromatic carbocycles. The van der Waals surface area contributed by atoms with Crippen molar-refractivity contribution in [1.29, 1.82) is 0 Å². The maximum absolute atomic E-state index is 12.0. The fourth-order valence-corrected chi connectivity index (χ4v) is 3.13. The van der Waals surface area contributed by atoms with Crippen LogP contribution in [0.2, 0.25) is 0 Å². The molecule has 2 aliphatic heterocycles. The summed E-state index contributed by atoms with van der Waals surface area (Å²) in [5.74, 6) is 1.52. The number of nitrogens with zero attached hydrogens (tertiary/aromatic N) is 6. The molecule has 0 radical (unpaired) electrons. The zero-order valence-electron chi connectivity index (χ0n) is 16.6. The van der Waals surface area contributed by atoms with Crippen LogP contribution in [0.5, 0.6) is 0 Å². The molecule has 2 fully saturated rings. The molecule has 156 valence electrons. The van der Waals surface area contributed by atoms with E-state index in [1.165, 1.54) is 0 Å². The van der Waals surface area contributed by atoms with E-state index < -0.39 is 0 Å². The van der Waals surface area contributed by atoms with Gasteiger partial charge in [0.1, 0.15) is 6.54 Å². The highest BCUT2D eigenvalue weighted by Gasteiger charge is 2.23. The van der Waals surface area contributed by atoms with Crippen molar-refractivity contribution in [2.45, 2.75) is 18.9 Å². The van der Waals surface area contributed by atoms with Crippen molar-refractivity contribution >= 4 is 41.8 Å². The number of hydrogen-bond acceptors (Lipinski definition) is 6. The highest BCUT2D eigenvalue weighted by atomic mass is 127. The summed E-state index contributed by atoms with van der Waals surface area (Å²) in [4.78, 5) is 31.1. The average molecular weight is 503 g/mol. The second-order valence-corrected chi connectivity index (χ2v) is 6.97. The van der Waals surface area contributed by atoms with Gasteiger partial charge in [0.15, 0.2) is 5.96 Å². The van der Waals surface area contributed by atoms with Crippen LogP contribution in [0.25, 0.3) is 0 Å². The number of anilines is 1. The molecule has 3 heterocycles. The summed E-state index contributed by atoms with van der Waals surface area (Å²) in [5.41, 5.74) is 0. The molecule has 2 aliphatic rings. The third-order valence-electron chi connectivity index (χ3n) is 4.79. The zero-order chi connectivity index (χ0) is 19.1. The molecule has 1 unspecified atom stereocenters. The fourth-order valence-electron chi connectivity index (χ4n) is 3.13. The molecule has 1 N–H and O–H groups in total. The lowest BCUT2D eigenvalue weighted by Gasteiger charge is -2.36. The third-order valence-corrected chi connectivity index (χ3v) is 4.79. The molecule has 1 atom stereocenters. The van der Waals surface area contributed by atoms with Crippen molar-refractivity contribution in [3.8, 4) is 0 Å². The average Bonchev–Trinajstić information content (AvgIpc) is 3.22.